The first-order valence-corrected chi connectivity index (χ1v) is 7.98. The minimum absolute atomic E-state index is 0.0567. The summed E-state index contributed by atoms with van der Waals surface area (Å²) in [5.41, 5.74) is 0.551. The lowest BCUT2D eigenvalue weighted by Gasteiger charge is -2.11. The molecule has 3 aromatic rings. The molecule has 1 N–H and O–H groups in total. The lowest BCUT2D eigenvalue weighted by Crippen LogP contribution is -2.26. The van der Waals surface area contributed by atoms with Gasteiger partial charge >= 0.3 is 5.97 Å². The van der Waals surface area contributed by atoms with E-state index in [1.165, 1.54) is 22.7 Å². The number of hydrogen-bond acceptors (Lipinski definition) is 4. The van der Waals surface area contributed by atoms with Gasteiger partial charge < -0.3 is 4.74 Å². The van der Waals surface area contributed by atoms with Gasteiger partial charge in [-0.05, 0) is 31.5 Å². The van der Waals surface area contributed by atoms with E-state index in [4.69, 9.17) is 16.3 Å². The van der Waals surface area contributed by atoms with Gasteiger partial charge in [0.25, 0.3) is 5.56 Å². The fourth-order valence-electron chi connectivity index (χ4n) is 2.45. The van der Waals surface area contributed by atoms with E-state index < -0.39 is 17.3 Å². The third-order valence-corrected chi connectivity index (χ3v) is 3.83. The standard InChI is InChI=1S/C17H15ClFN3O3/c1-9(2)25-17(24)15-11(7-10-3-4-13(19)12(18)8-10)16(23)22-14(21-15)5-6-20-22/h3-6,8-9,20H,7H2,1-2H3. The number of nitrogens with one attached hydrogen (secondary N) is 1. The van der Waals surface area contributed by atoms with Crippen LogP contribution in [0.1, 0.15) is 35.5 Å². The first kappa shape index (κ1) is 17.2. The van der Waals surface area contributed by atoms with Crippen molar-refractivity contribution in [2.24, 2.45) is 0 Å². The Bertz CT molecular complexity index is 1010. The van der Waals surface area contributed by atoms with Gasteiger partial charge in [-0.1, -0.05) is 17.7 Å². The average Bonchev–Trinajstić information content (AvgIpc) is 3.01. The first-order valence-electron chi connectivity index (χ1n) is 7.60. The number of hydrogen-bond donors (Lipinski definition) is 1. The van der Waals surface area contributed by atoms with Gasteiger partial charge in [0.2, 0.25) is 0 Å². The molecule has 2 heterocycles. The molecule has 2 aromatic heterocycles. The zero-order valence-electron chi connectivity index (χ0n) is 13.5. The number of esters is 1. The van der Waals surface area contributed by atoms with Crippen molar-refractivity contribution in [3.8, 4) is 0 Å². The molecule has 6 nitrogen and oxygen atoms in total. The van der Waals surface area contributed by atoms with Gasteiger partial charge in [0.05, 0.1) is 16.7 Å². The maximum absolute atomic E-state index is 13.3. The summed E-state index contributed by atoms with van der Waals surface area (Å²) in [5, 5.41) is 2.69. The van der Waals surface area contributed by atoms with Gasteiger partial charge in [-0.25, -0.2) is 18.7 Å². The number of carbonyl (C=O) groups is 1. The zero-order valence-corrected chi connectivity index (χ0v) is 14.3. The Kier molecular flexibility index (Phi) is 4.59. The number of benzene rings is 1. The van der Waals surface area contributed by atoms with Crippen LogP contribution >= 0.6 is 11.6 Å². The summed E-state index contributed by atoms with van der Waals surface area (Å²) in [5.74, 6) is -1.24. The van der Waals surface area contributed by atoms with Crippen LogP contribution in [0.15, 0.2) is 35.3 Å². The van der Waals surface area contributed by atoms with Gasteiger partial charge in [0.1, 0.15) is 5.82 Å². The lowest BCUT2D eigenvalue weighted by molar-refractivity contribution is 0.0369. The van der Waals surface area contributed by atoms with Crippen molar-refractivity contribution in [3.05, 3.63) is 68.5 Å². The largest absolute Gasteiger partial charge is 0.458 e. The third kappa shape index (κ3) is 3.41. The van der Waals surface area contributed by atoms with Gasteiger partial charge in [0.15, 0.2) is 11.3 Å². The molecule has 130 valence electrons. The van der Waals surface area contributed by atoms with E-state index in [0.717, 1.165) is 0 Å². The van der Waals surface area contributed by atoms with Gasteiger partial charge in [-0.2, -0.15) is 0 Å². The highest BCUT2D eigenvalue weighted by atomic mass is 35.5. The second kappa shape index (κ2) is 6.68. The molecule has 0 aliphatic carbocycles. The number of halogens is 2. The van der Waals surface area contributed by atoms with E-state index in [-0.39, 0.29) is 28.8 Å². The van der Waals surface area contributed by atoms with Crippen molar-refractivity contribution in [2.45, 2.75) is 26.4 Å². The summed E-state index contributed by atoms with van der Waals surface area (Å²) < 4.78 is 19.8. The fourth-order valence-corrected chi connectivity index (χ4v) is 2.65. The lowest BCUT2D eigenvalue weighted by atomic mass is 10.0. The monoisotopic (exact) mass is 363 g/mol. The predicted molar refractivity (Wildman–Crippen MR) is 90.6 cm³/mol. The van der Waals surface area contributed by atoms with Crippen molar-refractivity contribution in [1.82, 2.24) is 14.6 Å². The van der Waals surface area contributed by atoms with Gasteiger partial charge in [0, 0.05) is 18.7 Å². The zero-order chi connectivity index (χ0) is 18.1. The molecule has 25 heavy (non-hydrogen) atoms. The third-order valence-electron chi connectivity index (χ3n) is 3.54. The van der Waals surface area contributed by atoms with Crippen molar-refractivity contribution in [1.29, 1.82) is 0 Å². The Balaban J connectivity index is 2.13. The molecule has 0 amide bonds. The molecule has 0 saturated heterocycles. The number of nitrogens with zero attached hydrogens (tertiary/aromatic N) is 2. The Morgan fingerprint density at radius 1 is 1.40 bits per heavy atom. The molecule has 0 atom stereocenters. The first-order chi connectivity index (χ1) is 11.9. The number of aromatic nitrogens is 3. The highest BCUT2D eigenvalue weighted by Crippen LogP contribution is 2.19. The highest BCUT2D eigenvalue weighted by Gasteiger charge is 2.22. The van der Waals surface area contributed by atoms with Crippen LogP contribution in [0.2, 0.25) is 5.02 Å². The van der Waals surface area contributed by atoms with Crippen LogP contribution in [0.5, 0.6) is 0 Å². The molecule has 0 unspecified atom stereocenters. The molecule has 0 bridgehead atoms. The van der Waals surface area contributed by atoms with E-state index in [9.17, 15) is 14.0 Å². The normalized spacial score (nSPS) is 11.2. The van der Waals surface area contributed by atoms with Crippen LogP contribution < -0.4 is 5.56 Å². The van der Waals surface area contributed by atoms with Crippen molar-refractivity contribution in [2.75, 3.05) is 0 Å². The van der Waals surface area contributed by atoms with Crippen LogP contribution in [-0.4, -0.2) is 26.7 Å². The second-order valence-corrected chi connectivity index (χ2v) is 6.19. The van der Waals surface area contributed by atoms with Crippen molar-refractivity contribution in [3.63, 3.8) is 0 Å². The molecule has 0 aliphatic heterocycles. The minimum atomic E-state index is -0.681. The van der Waals surface area contributed by atoms with Crippen LogP contribution in [0.3, 0.4) is 0 Å². The molecule has 0 radical (unpaired) electrons. The number of H-pyrrole nitrogens is 1. The van der Waals surface area contributed by atoms with Crippen LogP contribution in [0.25, 0.3) is 5.65 Å². The summed E-state index contributed by atoms with van der Waals surface area (Å²) in [7, 11) is 0. The average molecular weight is 364 g/mol. The number of ether oxygens (including phenoxy) is 1. The van der Waals surface area contributed by atoms with Crippen LogP contribution in [0, 0.1) is 5.82 Å². The smallest absolute Gasteiger partial charge is 0.357 e. The Hall–Kier alpha value is -2.67. The van der Waals surface area contributed by atoms with Crippen molar-refractivity contribution >= 4 is 23.2 Å². The number of fused-ring (bicyclic) bond motifs is 1. The number of carbonyl (C=O) groups excluding carboxylic acids is 1. The summed E-state index contributed by atoms with van der Waals surface area (Å²) >= 11 is 5.80. The molecular weight excluding hydrogens is 349 g/mol. The molecule has 3 rings (SSSR count). The molecule has 0 saturated carbocycles. The Morgan fingerprint density at radius 3 is 2.84 bits per heavy atom. The Labute approximate surface area is 147 Å². The molecule has 8 heteroatoms. The van der Waals surface area contributed by atoms with Gasteiger partial charge in [-0.15, -0.1) is 0 Å². The van der Waals surface area contributed by atoms with Gasteiger partial charge in [-0.3, -0.25) is 9.89 Å². The summed E-state index contributed by atoms with van der Waals surface area (Å²) in [6.45, 7) is 3.41. The van der Waals surface area contributed by atoms with E-state index in [1.54, 1.807) is 26.1 Å². The SMILES string of the molecule is CC(C)OC(=O)c1nc2cc[nH]n2c(=O)c1Cc1ccc(F)c(Cl)c1. The van der Waals surface area contributed by atoms with E-state index in [1.807, 2.05) is 0 Å². The van der Waals surface area contributed by atoms with Crippen LogP contribution in [0.4, 0.5) is 4.39 Å². The minimum Gasteiger partial charge on any atom is -0.458 e. The second-order valence-electron chi connectivity index (χ2n) is 5.78. The maximum atomic E-state index is 13.3. The molecule has 0 fully saturated rings. The van der Waals surface area contributed by atoms with Crippen LogP contribution in [-0.2, 0) is 11.2 Å². The number of rotatable bonds is 4. The number of aromatic amines is 1. The topological polar surface area (TPSA) is 76.5 Å². The van der Waals surface area contributed by atoms with E-state index >= 15 is 0 Å². The van der Waals surface area contributed by atoms with E-state index in [2.05, 4.69) is 10.1 Å². The maximum Gasteiger partial charge on any atom is 0.357 e. The quantitative estimate of drug-likeness (QED) is 0.723. The molecule has 0 aliphatic rings. The summed E-state index contributed by atoms with van der Waals surface area (Å²) in [4.78, 5) is 29.3. The highest BCUT2D eigenvalue weighted by molar-refractivity contribution is 6.30. The van der Waals surface area contributed by atoms with E-state index in [0.29, 0.717) is 11.2 Å². The summed E-state index contributed by atoms with van der Waals surface area (Å²) in [6.07, 6.45) is 1.25. The molecule has 1 aromatic carbocycles. The Morgan fingerprint density at radius 2 is 2.16 bits per heavy atom. The molecular formula is C17H15ClFN3O3. The fraction of sp³-hybridized carbons (Fsp3) is 0.235. The summed E-state index contributed by atoms with van der Waals surface area (Å²) in [6, 6.07) is 5.70. The van der Waals surface area contributed by atoms with Crippen molar-refractivity contribution < 1.29 is 13.9 Å². The predicted octanol–water partition coefficient (Wildman–Crippen LogP) is 2.97. The molecule has 0 spiro atoms.